The Labute approximate surface area is 127 Å². The van der Waals surface area contributed by atoms with Crippen molar-refractivity contribution in [2.75, 3.05) is 6.54 Å². The summed E-state index contributed by atoms with van der Waals surface area (Å²) >= 11 is 0. The number of hydrogen-bond acceptors (Lipinski definition) is 3. The van der Waals surface area contributed by atoms with Gasteiger partial charge in [0.15, 0.2) is 0 Å². The lowest BCUT2D eigenvalue weighted by Crippen LogP contribution is -2.39. The number of nitrogens with two attached hydrogens (primary N) is 1. The number of hydrogen-bond donors (Lipinski definition) is 2. The molecule has 1 atom stereocenters. The van der Waals surface area contributed by atoms with E-state index in [2.05, 4.69) is 17.2 Å². The van der Waals surface area contributed by atoms with Gasteiger partial charge < -0.3 is 11.1 Å². The minimum atomic E-state index is 0.0267. The maximum Gasteiger partial charge on any atom is 0.221 e. The normalized spacial score (nSPS) is 19.0. The SMILES string of the molecule is CCC(NC(=O)CC1(CN)CCCCC1)c1ccncc1. The second-order valence-corrected chi connectivity index (χ2v) is 6.25. The van der Waals surface area contributed by atoms with Crippen LogP contribution < -0.4 is 11.1 Å². The molecule has 0 radical (unpaired) electrons. The number of aromatic nitrogens is 1. The van der Waals surface area contributed by atoms with Crippen molar-refractivity contribution in [3.05, 3.63) is 30.1 Å². The number of nitrogens with one attached hydrogen (secondary N) is 1. The molecule has 1 fully saturated rings. The Balaban J connectivity index is 1.96. The van der Waals surface area contributed by atoms with Gasteiger partial charge in [-0.2, -0.15) is 0 Å². The van der Waals surface area contributed by atoms with Crippen molar-refractivity contribution in [2.24, 2.45) is 11.1 Å². The third-order valence-corrected chi connectivity index (χ3v) is 4.73. The standard InChI is InChI=1S/C17H27N3O/c1-2-15(14-6-10-19-11-7-14)20-16(21)12-17(13-18)8-4-3-5-9-17/h6-7,10-11,15H,2-5,8-9,12-13,18H2,1H3,(H,20,21). The number of pyridine rings is 1. The van der Waals surface area contributed by atoms with E-state index in [-0.39, 0.29) is 17.4 Å². The Bertz CT molecular complexity index is 441. The van der Waals surface area contributed by atoms with Crippen molar-refractivity contribution >= 4 is 5.91 Å². The molecule has 1 amide bonds. The van der Waals surface area contributed by atoms with Gasteiger partial charge in [0, 0.05) is 18.8 Å². The zero-order chi connectivity index (χ0) is 15.1. The number of carbonyl (C=O) groups excluding carboxylic acids is 1. The Morgan fingerprint density at radius 1 is 1.33 bits per heavy atom. The average molecular weight is 289 g/mol. The van der Waals surface area contributed by atoms with E-state index < -0.39 is 0 Å². The van der Waals surface area contributed by atoms with Gasteiger partial charge in [0.2, 0.25) is 5.91 Å². The molecule has 21 heavy (non-hydrogen) atoms. The summed E-state index contributed by atoms with van der Waals surface area (Å²) in [6.07, 6.45) is 10.8. The van der Waals surface area contributed by atoms with E-state index in [1.807, 2.05) is 12.1 Å². The largest absolute Gasteiger partial charge is 0.349 e. The Morgan fingerprint density at radius 3 is 2.57 bits per heavy atom. The molecule has 3 N–H and O–H groups in total. The van der Waals surface area contributed by atoms with Crippen LogP contribution in [0.2, 0.25) is 0 Å². The first-order valence-electron chi connectivity index (χ1n) is 8.08. The minimum absolute atomic E-state index is 0.0267. The molecule has 1 unspecified atom stereocenters. The summed E-state index contributed by atoms with van der Waals surface area (Å²) in [6, 6.07) is 4.00. The van der Waals surface area contributed by atoms with Crippen LogP contribution in [0.4, 0.5) is 0 Å². The van der Waals surface area contributed by atoms with Crippen molar-refractivity contribution in [3.8, 4) is 0 Å². The van der Waals surface area contributed by atoms with Crippen molar-refractivity contribution in [1.82, 2.24) is 10.3 Å². The summed E-state index contributed by atoms with van der Waals surface area (Å²) in [7, 11) is 0. The Morgan fingerprint density at radius 2 is 2.00 bits per heavy atom. The summed E-state index contributed by atoms with van der Waals surface area (Å²) < 4.78 is 0. The van der Waals surface area contributed by atoms with E-state index in [1.54, 1.807) is 12.4 Å². The molecular weight excluding hydrogens is 262 g/mol. The first kappa shape index (κ1) is 16.0. The molecule has 4 nitrogen and oxygen atoms in total. The van der Waals surface area contributed by atoms with Crippen molar-refractivity contribution in [1.29, 1.82) is 0 Å². The summed E-state index contributed by atoms with van der Waals surface area (Å²) in [5.41, 5.74) is 7.12. The van der Waals surface area contributed by atoms with Crippen LogP contribution in [0.15, 0.2) is 24.5 Å². The first-order valence-corrected chi connectivity index (χ1v) is 8.08. The van der Waals surface area contributed by atoms with Crippen LogP contribution in [0.5, 0.6) is 0 Å². The molecule has 0 aliphatic heterocycles. The molecule has 1 saturated carbocycles. The second kappa shape index (κ2) is 7.55. The average Bonchev–Trinajstić information content (AvgIpc) is 2.54. The van der Waals surface area contributed by atoms with Gasteiger partial charge in [-0.1, -0.05) is 26.2 Å². The van der Waals surface area contributed by atoms with Gasteiger partial charge >= 0.3 is 0 Å². The highest BCUT2D eigenvalue weighted by molar-refractivity contribution is 5.77. The van der Waals surface area contributed by atoms with Gasteiger partial charge in [-0.05, 0) is 48.9 Å². The molecule has 116 valence electrons. The predicted molar refractivity (Wildman–Crippen MR) is 84.6 cm³/mol. The van der Waals surface area contributed by atoms with Gasteiger partial charge in [0.05, 0.1) is 6.04 Å². The van der Waals surface area contributed by atoms with Crippen LogP contribution in [0.3, 0.4) is 0 Å². The molecule has 1 heterocycles. The molecule has 2 rings (SSSR count). The molecule has 0 aromatic carbocycles. The topological polar surface area (TPSA) is 68.0 Å². The van der Waals surface area contributed by atoms with E-state index in [1.165, 1.54) is 19.3 Å². The van der Waals surface area contributed by atoms with Crippen molar-refractivity contribution in [2.45, 2.75) is 57.9 Å². The van der Waals surface area contributed by atoms with Crippen LogP contribution in [0.1, 0.15) is 63.5 Å². The van der Waals surface area contributed by atoms with Crippen LogP contribution >= 0.6 is 0 Å². The Hall–Kier alpha value is -1.42. The van der Waals surface area contributed by atoms with E-state index in [9.17, 15) is 4.79 Å². The second-order valence-electron chi connectivity index (χ2n) is 6.25. The lowest BCUT2D eigenvalue weighted by Gasteiger charge is -2.36. The zero-order valence-corrected chi connectivity index (χ0v) is 13.0. The highest BCUT2D eigenvalue weighted by atomic mass is 16.1. The lowest BCUT2D eigenvalue weighted by molar-refractivity contribution is -0.124. The first-order chi connectivity index (χ1) is 10.2. The van der Waals surface area contributed by atoms with Gasteiger partial charge in [0.25, 0.3) is 0 Å². The van der Waals surface area contributed by atoms with Crippen molar-refractivity contribution in [3.63, 3.8) is 0 Å². The smallest absolute Gasteiger partial charge is 0.221 e. The summed E-state index contributed by atoms with van der Waals surface area (Å²) in [6.45, 7) is 2.71. The zero-order valence-electron chi connectivity index (χ0n) is 13.0. The molecule has 1 aromatic rings. The quantitative estimate of drug-likeness (QED) is 0.846. The van der Waals surface area contributed by atoms with Crippen LogP contribution in [0, 0.1) is 5.41 Å². The van der Waals surface area contributed by atoms with Crippen LogP contribution in [-0.4, -0.2) is 17.4 Å². The summed E-state index contributed by atoms with van der Waals surface area (Å²) in [4.78, 5) is 16.5. The molecule has 1 aromatic heterocycles. The van der Waals surface area contributed by atoms with E-state index in [0.29, 0.717) is 13.0 Å². The molecule has 0 spiro atoms. The number of carbonyl (C=O) groups is 1. The third-order valence-electron chi connectivity index (χ3n) is 4.73. The lowest BCUT2D eigenvalue weighted by atomic mass is 9.71. The fourth-order valence-corrected chi connectivity index (χ4v) is 3.36. The monoisotopic (exact) mass is 289 g/mol. The van der Waals surface area contributed by atoms with Gasteiger partial charge in [-0.3, -0.25) is 9.78 Å². The van der Waals surface area contributed by atoms with Gasteiger partial charge in [0.1, 0.15) is 0 Å². The van der Waals surface area contributed by atoms with Crippen molar-refractivity contribution < 1.29 is 4.79 Å². The summed E-state index contributed by atoms with van der Waals surface area (Å²) in [5, 5.41) is 3.17. The minimum Gasteiger partial charge on any atom is -0.349 e. The van der Waals surface area contributed by atoms with Gasteiger partial charge in [-0.25, -0.2) is 0 Å². The molecule has 0 saturated heterocycles. The van der Waals surface area contributed by atoms with E-state index in [0.717, 1.165) is 24.8 Å². The molecule has 1 aliphatic carbocycles. The number of amides is 1. The highest BCUT2D eigenvalue weighted by Gasteiger charge is 2.33. The molecule has 0 bridgehead atoms. The van der Waals surface area contributed by atoms with E-state index >= 15 is 0 Å². The molecular formula is C17H27N3O. The maximum absolute atomic E-state index is 12.4. The summed E-state index contributed by atoms with van der Waals surface area (Å²) in [5.74, 6) is 0.131. The van der Waals surface area contributed by atoms with E-state index in [4.69, 9.17) is 5.73 Å². The predicted octanol–water partition coefficient (Wildman–Crippen LogP) is 2.95. The Kier molecular flexibility index (Phi) is 5.74. The van der Waals surface area contributed by atoms with Crippen LogP contribution in [0.25, 0.3) is 0 Å². The highest BCUT2D eigenvalue weighted by Crippen LogP contribution is 2.38. The maximum atomic E-state index is 12.4. The fraction of sp³-hybridized carbons (Fsp3) is 0.647. The van der Waals surface area contributed by atoms with Crippen LogP contribution in [-0.2, 0) is 4.79 Å². The third kappa shape index (κ3) is 4.27. The number of rotatable bonds is 6. The number of nitrogens with zero attached hydrogens (tertiary/aromatic N) is 1. The fourth-order valence-electron chi connectivity index (χ4n) is 3.36. The van der Waals surface area contributed by atoms with Gasteiger partial charge in [-0.15, -0.1) is 0 Å². The molecule has 4 heteroatoms. The molecule has 1 aliphatic rings.